The minimum atomic E-state index is -0.678. The van der Waals surface area contributed by atoms with Crippen molar-refractivity contribution < 1.29 is 9.90 Å². The van der Waals surface area contributed by atoms with Crippen LogP contribution >= 0.6 is 0 Å². The van der Waals surface area contributed by atoms with Crippen LogP contribution in [0.5, 0.6) is 0 Å². The van der Waals surface area contributed by atoms with Gasteiger partial charge in [0.05, 0.1) is 5.92 Å². The van der Waals surface area contributed by atoms with Crippen molar-refractivity contribution in [3.8, 4) is 0 Å². The number of hydrogen-bond acceptors (Lipinski definition) is 2. The average Bonchev–Trinajstić information content (AvgIpc) is 1.82. The zero-order chi connectivity index (χ0) is 7.94. The largest absolute Gasteiger partial charge is 0.481 e. The highest BCUT2D eigenvalue weighted by atomic mass is 16.4. The van der Waals surface area contributed by atoms with Crippen LogP contribution in [0.15, 0.2) is 0 Å². The second-order valence-electron chi connectivity index (χ2n) is 3.43. The summed E-state index contributed by atoms with van der Waals surface area (Å²) in [4.78, 5) is 12.6. The van der Waals surface area contributed by atoms with Crippen LogP contribution in [0, 0.1) is 5.92 Å². The van der Waals surface area contributed by atoms with Crippen molar-refractivity contribution in [2.24, 2.45) is 5.92 Å². The fraction of sp³-hybridized carbons (Fsp3) is 0.857. The summed E-state index contributed by atoms with van der Waals surface area (Å²) < 4.78 is 0. The minimum Gasteiger partial charge on any atom is -0.481 e. The van der Waals surface area contributed by atoms with Gasteiger partial charge in [0.25, 0.3) is 0 Å². The number of carboxylic acids is 1. The first-order chi connectivity index (χ1) is 4.46. The molecule has 1 aliphatic rings. The molecule has 0 aromatic heterocycles. The average molecular weight is 143 g/mol. The summed E-state index contributed by atoms with van der Waals surface area (Å²) in [5.41, 5.74) is -0.147. The van der Waals surface area contributed by atoms with Crippen LogP contribution in [-0.4, -0.2) is 35.1 Å². The van der Waals surface area contributed by atoms with E-state index in [4.69, 9.17) is 5.11 Å². The second kappa shape index (κ2) is 1.95. The Bertz CT molecular complexity index is 165. The van der Waals surface area contributed by atoms with E-state index in [1.807, 2.05) is 25.8 Å². The molecule has 0 aromatic rings. The third-order valence-electron chi connectivity index (χ3n) is 2.59. The normalized spacial score (nSPS) is 31.3. The van der Waals surface area contributed by atoms with Gasteiger partial charge >= 0.3 is 5.97 Å². The lowest BCUT2D eigenvalue weighted by molar-refractivity contribution is -0.158. The summed E-state index contributed by atoms with van der Waals surface area (Å²) >= 11 is 0. The van der Waals surface area contributed by atoms with Gasteiger partial charge in [0.2, 0.25) is 0 Å². The number of nitrogens with zero attached hydrogens (tertiary/aromatic N) is 1. The van der Waals surface area contributed by atoms with Crippen LogP contribution in [0.2, 0.25) is 0 Å². The van der Waals surface area contributed by atoms with Crippen molar-refractivity contribution in [3.63, 3.8) is 0 Å². The van der Waals surface area contributed by atoms with Gasteiger partial charge in [-0.1, -0.05) is 0 Å². The van der Waals surface area contributed by atoms with Crippen LogP contribution < -0.4 is 0 Å². The summed E-state index contributed by atoms with van der Waals surface area (Å²) in [5, 5.41) is 8.66. The summed E-state index contributed by atoms with van der Waals surface area (Å²) in [6, 6.07) is 0. The molecule has 1 heterocycles. The van der Waals surface area contributed by atoms with Crippen molar-refractivity contribution in [2.75, 3.05) is 13.6 Å². The maximum absolute atomic E-state index is 10.5. The van der Waals surface area contributed by atoms with Gasteiger partial charge < -0.3 is 5.11 Å². The summed E-state index contributed by atoms with van der Waals surface area (Å²) in [7, 11) is 1.94. The molecule has 1 fully saturated rings. The highest BCUT2D eigenvalue weighted by Crippen LogP contribution is 2.33. The van der Waals surface area contributed by atoms with Gasteiger partial charge in [-0.05, 0) is 20.9 Å². The lowest BCUT2D eigenvalue weighted by Gasteiger charge is -2.51. The third-order valence-corrected chi connectivity index (χ3v) is 2.59. The smallest absolute Gasteiger partial charge is 0.309 e. The van der Waals surface area contributed by atoms with Crippen molar-refractivity contribution in [3.05, 3.63) is 0 Å². The molecule has 0 spiro atoms. The molecule has 58 valence electrons. The van der Waals surface area contributed by atoms with E-state index in [1.54, 1.807) is 0 Å². The summed E-state index contributed by atoms with van der Waals surface area (Å²) in [6.07, 6.45) is 0. The first-order valence-corrected chi connectivity index (χ1v) is 3.40. The molecule has 0 unspecified atom stereocenters. The van der Waals surface area contributed by atoms with Crippen molar-refractivity contribution in [1.82, 2.24) is 4.90 Å². The molecule has 0 aromatic carbocycles. The predicted molar refractivity (Wildman–Crippen MR) is 37.8 cm³/mol. The highest BCUT2D eigenvalue weighted by molar-refractivity contribution is 5.73. The predicted octanol–water partition coefficient (Wildman–Crippen LogP) is 0.411. The zero-order valence-electron chi connectivity index (χ0n) is 6.59. The fourth-order valence-electron chi connectivity index (χ4n) is 1.27. The topological polar surface area (TPSA) is 40.5 Å². The molecule has 0 bridgehead atoms. The third kappa shape index (κ3) is 0.814. The maximum atomic E-state index is 10.5. The van der Waals surface area contributed by atoms with E-state index >= 15 is 0 Å². The molecule has 1 atom stereocenters. The Balaban J connectivity index is 2.63. The van der Waals surface area contributed by atoms with Crippen LogP contribution in [0.3, 0.4) is 0 Å². The van der Waals surface area contributed by atoms with Crippen LogP contribution in [0.1, 0.15) is 13.8 Å². The Hall–Kier alpha value is -0.570. The number of rotatable bonds is 1. The molecular formula is C7H13NO2. The molecule has 10 heavy (non-hydrogen) atoms. The minimum absolute atomic E-state index is 0.147. The molecule has 0 radical (unpaired) electrons. The molecule has 1 saturated heterocycles. The molecule has 0 aliphatic carbocycles. The molecule has 0 saturated carbocycles. The highest BCUT2D eigenvalue weighted by Gasteiger charge is 2.48. The molecule has 0 amide bonds. The summed E-state index contributed by atoms with van der Waals surface area (Å²) in [6.45, 7) is 4.59. The van der Waals surface area contributed by atoms with E-state index in [1.165, 1.54) is 0 Å². The Kier molecular flexibility index (Phi) is 1.47. The van der Waals surface area contributed by atoms with Crippen molar-refractivity contribution >= 4 is 5.97 Å². The number of hydrogen-bond donors (Lipinski definition) is 1. The number of aliphatic carboxylic acids is 1. The number of carboxylic acid groups (broad SMARTS) is 1. The zero-order valence-corrected chi connectivity index (χ0v) is 6.59. The van der Waals surface area contributed by atoms with Gasteiger partial charge in [0.15, 0.2) is 0 Å². The van der Waals surface area contributed by atoms with Gasteiger partial charge in [-0.25, -0.2) is 0 Å². The van der Waals surface area contributed by atoms with E-state index < -0.39 is 5.97 Å². The van der Waals surface area contributed by atoms with Gasteiger partial charge in [0, 0.05) is 12.1 Å². The van der Waals surface area contributed by atoms with Gasteiger partial charge in [-0.15, -0.1) is 0 Å². The number of carbonyl (C=O) groups is 1. The van der Waals surface area contributed by atoms with Gasteiger partial charge in [-0.3, -0.25) is 9.69 Å². The maximum Gasteiger partial charge on any atom is 0.309 e. The van der Waals surface area contributed by atoms with Crippen LogP contribution in [-0.2, 0) is 4.79 Å². The van der Waals surface area contributed by atoms with E-state index in [9.17, 15) is 4.79 Å². The molecule has 1 N–H and O–H groups in total. The molecule has 1 aliphatic heterocycles. The Labute approximate surface area is 60.6 Å². The van der Waals surface area contributed by atoms with Crippen LogP contribution in [0.25, 0.3) is 0 Å². The molecule has 3 nitrogen and oxygen atoms in total. The quantitative estimate of drug-likeness (QED) is 0.578. The van der Waals surface area contributed by atoms with E-state index in [0.717, 1.165) is 0 Å². The SMILES string of the molecule is CN1C[C@@H](C(=O)O)C1(C)C. The van der Waals surface area contributed by atoms with E-state index in [-0.39, 0.29) is 11.5 Å². The first-order valence-electron chi connectivity index (χ1n) is 3.40. The van der Waals surface area contributed by atoms with Crippen molar-refractivity contribution in [2.45, 2.75) is 19.4 Å². The van der Waals surface area contributed by atoms with E-state index in [2.05, 4.69) is 0 Å². The van der Waals surface area contributed by atoms with E-state index in [0.29, 0.717) is 6.54 Å². The molecule has 1 rings (SSSR count). The lowest BCUT2D eigenvalue weighted by Crippen LogP contribution is -2.64. The Morgan fingerprint density at radius 1 is 1.70 bits per heavy atom. The Morgan fingerprint density at radius 3 is 2.30 bits per heavy atom. The lowest BCUT2D eigenvalue weighted by atomic mass is 9.77. The van der Waals surface area contributed by atoms with Crippen molar-refractivity contribution in [1.29, 1.82) is 0 Å². The molecule has 3 heteroatoms. The Morgan fingerprint density at radius 2 is 2.20 bits per heavy atom. The van der Waals surface area contributed by atoms with Gasteiger partial charge in [-0.2, -0.15) is 0 Å². The molecular weight excluding hydrogens is 130 g/mol. The fourth-order valence-corrected chi connectivity index (χ4v) is 1.27. The number of likely N-dealkylation sites (tertiary alicyclic amines) is 1. The standard InChI is InChI=1S/C7H13NO2/c1-7(2)5(6(9)10)4-8(7)3/h5H,4H2,1-3H3,(H,9,10)/t5-/m0/s1. The summed E-state index contributed by atoms with van der Waals surface area (Å²) in [5.74, 6) is -0.861. The van der Waals surface area contributed by atoms with Gasteiger partial charge in [0.1, 0.15) is 0 Å². The first kappa shape index (κ1) is 7.54. The monoisotopic (exact) mass is 143 g/mol. The second-order valence-corrected chi connectivity index (χ2v) is 3.43. The van der Waals surface area contributed by atoms with Crippen LogP contribution in [0.4, 0.5) is 0 Å².